The standard InChI is InChI=1S/C24H27N3O4S/c1-15-5-10-20(16(2)13-15)26-24-27(11-12-31-4)23(30)21(32-24)14-22(29)25-19-8-6-18(7-9-19)17(3)28/h5-10,13,21H,11-12,14H2,1-4H3,(H,25,29)/t21-/m1/s1. The van der Waals surface area contributed by atoms with Crippen molar-refractivity contribution in [2.45, 2.75) is 32.4 Å². The average molecular weight is 454 g/mol. The van der Waals surface area contributed by atoms with Crippen LogP contribution in [0.25, 0.3) is 0 Å². The minimum Gasteiger partial charge on any atom is -0.383 e. The number of carbonyl (C=O) groups excluding carboxylic acids is 3. The molecule has 0 saturated carbocycles. The third kappa shape index (κ3) is 5.83. The number of rotatable bonds is 8. The second-order valence-corrected chi connectivity index (χ2v) is 8.83. The minimum absolute atomic E-state index is 0.0212. The highest BCUT2D eigenvalue weighted by Gasteiger charge is 2.39. The van der Waals surface area contributed by atoms with Crippen LogP contribution in [0.1, 0.15) is 34.8 Å². The fourth-order valence-electron chi connectivity index (χ4n) is 3.32. The van der Waals surface area contributed by atoms with E-state index in [0.29, 0.717) is 29.6 Å². The van der Waals surface area contributed by atoms with Gasteiger partial charge < -0.3 is 10.1 Å². The Kier molecular flexibility index (Phi) is 7.82. The van der Waals surface area contributed by atoms with Gasteiger partial charge in [0.25, 0.3) is 0 Å². The predicted octanol–water partition coefficient (Wildman–Crippen LogP) is 4.11. The molecule has 1 aliphatic rings. The quantitative estimate of drug-likeness (QED) is 0.608. The first kappa shape index (κ1) is 23.7. The Morgan fingerprint density at radius 2 is 1.88 bits per heavy atom. The number of anilines is 1. The Balaban J connectivity index is 1.73. The van der Waals surface area contributed by atoms with Crippen LogP contribution in [0.4, 0.5) is 11.4 Å². The van der Waals surface area contributed by atoms with Crippen LogP contribution < -0.4 is 5.32 Å². The molecule has 32 heavy (non-hydrogen) atoms. The molecular formula is C24H27N3O4S. The van der Waals surface area contributed by atoms with Crippen molar-refractivity contribution in [2.75, 3.05) is 25.6 Å². The number of amidine groups is 1. The molecule has 0 aromatic heterocycles. The van der Waals surface area contributed by atoms with Crippen molar-refractivity contribution in [1.82, 2.24) is 4.90 Å². The lowest BCUT2D eigenvalue weighted by atomic mass is 10.1. The molecule has 3 rings (SSSR count). The summed E-state index contributed by atoms with van der Waals surface area (Å²) in [7, 11) is 1.58. The first-order valence-electron chi connectivity index (χ1n) is 10.3. The fourth-order valence-corrected chi connectivity index (χ4v) is 4.49. The maximum absolute atomic E-state index is 13.0. The monoisotopic (exact) mass is 453 g/mol. The molecule has 1 saturated heterocycles. The van der Waals surface area contributed by atoms with Gasteiger partial charge in [-0.2, -0.15) is 0 Å². The normalized spacial score (nSPS) is 17.1. The van der Waals surface area contributed by atoms with Gasteiger partial charge in [0.1, 0.15) is 5.25 Å². The van der Waals surface area contributed by atoms with Crippen molar-refractivity contribution in [3.63, 3.8) is 0 Å². The molecule has 2 aromatic rings. The Morgan fingerprint density at radius 3 is 2.50 bits per heavy atom. The maximum atomic E-state index is 13.0. The van der Waals surface area contributed by atoms with E-state index in [9.17, 15) is 14.4 Å². The molecule has 0 aliphatic carbocycles. The summed E-state index contributed by atoms with van der Waals surface area (Å²) in [5.41, 5.74) is 4.11. The first-order valence-corrected chi connectivity index (χ1v) is 11.2. The third-order valence-corrected chi connectivity index (χ3v) is 6.23. The van der Waals surface area contributed by atoms with Gasteiger partial charge in [-0.05, 0) is 56.7 Å². The Labute approximate surface area is 192 Å². The molecule has 0 spiro atoms. The van der Waals surface area contributed by atoms with Crippen LogP contribution in [-0.2, 0) is 14.3 Å². The van der Waals surface area contributed by atoms with Crippen molar-refractivity contribution in [2.24, 2.45) is 4.99 Å². The lowest BCUT2D eigenvalue weighted by Crippen LogP contribution is -2.35. The van der Waals surface area contributed by atoms with Gasteiger partial charge in [-0.15, -0.1) is 0 Å². The predicted molar refractivity (Wildman–Crippen MR) is 128 cm³/mol. The summed E-state index contributed by atoms with van der Waals surface area (Å²) in [4.78, 5) is 43.3. The number of methoxy groups -OCH3 is 1. The Bertz CT molecular complexity index is 1050. The molecule has 0 bridgehead atoms. The van der Waals surface area contributed by atoms with E-state index in [-0.39, 0.29) is 24.0 Å². The van der Waals surface area contributed by atoms with Crippen LogP contribution >= 0.6 is 11.8 Å². The number of nitrogens with zero attached hydrogens (tertiary/aromatic N) is 2. The number of benzene rings is 2. The number of hydrogen-bond acceptors (Lipinski definition) is 6. The number of thioether (sulfide) groups is 1. The van der Waals surface area contributed by atoms with Crippen LogP contribution in [0.2, 0.25) is 0 Å². The third-order valence-electron chi connectivity index (χ3n) is 5.05. The molecule has 2 amide bonds. The van der Waals surface area contributed by atoms with E-state index in [1.807, 2.05) is 32.0 Å². The highest BCUT2D eigenvalue weighted by molar-refractivity contribution is 8.15. The van der Waals surface area contributed by atoms with Crippen molar-refractivity contribution in [1.29, 1.82) is 0 Å². The van der Waals surface area contributed by atoms with Crippen molar-refractivity contribution >= 4 is 45.9 Å². The summed E-state index contributed by atoms with van der Waals surface area (Å²) in [6.07, 6.45) is 0.0212. The van der Waals surface area contributed by atoms with Gasteiger partial charge in [0.05, 0.1) is 18.8 Å². The molecule has 1 aliphatic heterocycles. The number of amides is 2. The van der Waals surface area contributed by atoms with Crippen molar-refractivity contribution < 1.29 is 19.1 Å². The number of ketones is 1. The molecule has 2 aromatic carbocycles. The second-order valence-electron chi connectivity index (χ2n) is 7.66. The largest absolute Gasteiger partial charge is 0.383 e. The fraction of sp³-hybridized carbons (Fsp3) is 0.333. The summed E-state index contributed by atoms with van der Waals surface area (Å²) in [5, 5.41) is 2.80. The summed E-state index contributed by atoms with van der Waals surface area (Å²) in [6, 6.07) is 12.6. The molecule has 0 unspecified atom stereocenters. The Morgan fingerprint density at radius 1 is 1.16 bits per heavy atom. The van der Waals surface area contributed by atoms with Crippen molar-refractivity contribution in [3.05, 3.63) is 59.2 Å². The van der Waals surface area contributed by atoms with Crippen LogP contribution in [0.3, 0.4) is 0 Å². The number of ether oxygens (including phenoxy) is 1. The molecule has 7 nitrogen and oxygen atoms in total. The van der Waals surface area contributed by atoms with Gasteiger partial charge in [-0.25, -0.2) is 4.99 Å². The SMILES string of the molecule is COCCN1C(=O)[C@@H](CC(=O)Nc2ccc(C(C)=O)cc2)SC1=Nc1ccc(C)cc1C. The van der Waals surface area contributed by atoms with Crippen LogP contribution in [0.5, 0.6) is 0 Å². The molecule has 1 fully saturated rings. The topological polar surface area (TPSA) is 88.1 Å². The van der Waals surface area contributed by atoms with E-state index in [1.165, 1.54) is 18.7 Å². The number of aryl methyl sites for hydroxylation is 2. The van der Waals surface area contributed by atoms with Crippen molar-refractivity contribution in [3.8, 4) is 0 Å². The zero-order chi connectivity index (χ0) is 23.3. The highest BCUT2D eigenvalue weighted by Crippen LogP contribution is 2.32. The molecule has 0 radical (unpaired) electrons. The lowest BCUT2D eigenvalue weighted by Gasteiger charge is -2.16. The number of Topliss-reactive ketones (excluding diaryl/α,β-unsaturated/α-hetero) is 1. The molecule has 1 heterocycles. The van der Waals surface area contributed by atoms with E-state index in [0.717, 1.165) is 16.8 Å². The molecular weight excluding hydrogens is 426 g/mol. The van der Waals surface area contributed by atoms with E-state index in [4.69, 9.17) is 9.73 Å². The number of hydrogen-bond donors (Lipinski definition) is 1. The van der Waals surface area contributed by atoms with Gasteiger partial charge in [0.15, 0.2) is 11.0 Å². The van der Waals surface area contributed by atoms with Gasteiger partial charge >= 0.3 is 0 Å². The van der Waals surface area contributed by atoms with E-state index >= 15 is 0 Å². The van der Waals surface area contributed by atoms with Gasteiger partial charge in [-0.1, -0.05) is 29.5 Å². The summed E-state index contributed by atoms with van der Waals surface area (Å²) >= 11 is 1.30. The van der Waals surface area contributed by atoms with E-state index < -0.39 is 5.25 Å². The maximum Gasteiger partial charge on any atom is 0.242 e. The summed E-state index contributed by atoms with van der Waals surface area (Å²) < 4.78 is 5.15. The minimum atomic E-state index is -0.562. The zero-order valence-corrected chi connectivity index (χ0v) is 19.5. The Hall–Kier alpha value is -2.97. The van der Waals surface area contributed by atoms with E-state index in [1.54, 1.807) is 36.3 Å². The van der Waals surface area contributed by atoms with Crippen LogP contribution in [0.15, 0.2) is 47.5 Å². The number of aliphatic imine (C=N–C) groups is 1. The van der Waals surface area contributed by atoms with Gasteiger partial charge in [0.2, 0.25) is 11.8 Å². The van der Waals surface area contributed by atoms with Gasteiger partial charge in [-0.3, -0.25) is 19.3 Å². The van der Waals surface area contributed by atoms with Crippen LogP contribution in [0, 0.1) is 13.8 Å². The first-order chi connectivity index (χ1) is 15.3. The summed E-state index contributed by atoms with van der Waals surface area (Å²) in [6.45, 7) is 6.24. The number of carbonyl (C=O) groups is 3. The van der Waals surface area contributed by atoms with E-state index in [2.05, 4.69) is 5.32 Å². The smallest absolute Gasteiger partial charge is 0.242 e. The summed E-state index contributed by atoms with van der Waals surface area (Å²) in [5.74, 6) is -0.467. The second kappa shape index (κ2) is 10.6. The lowest BCUT2D eigenvalue weighted by molar-refractivity contribution is -0.128. The average Bonchev–Trinajstić information content (AvgIpc) is 3.03. The number of nitrogens with one attached hydrogen (secondary N) is 1. The zero-order valence-electron chi connectivity index (χ0n) is 18.7. The molecule has 168 valence electrons. The molecule has 1 atom stereocenters. The molecule has 1 N–H and O–H groups in total. The highest BCUT2D eigenvalue weighted by atomic mass is 32.2. The van der Waals surface area contributed by atoms with Gasteiger partial charge in [0, 0.05) is 24.8 Å². The van der Waals surface area contributed by atoms with Crippen LogP contribution in [-0.4, -0.2) is 53.2 Å². The molecule has 8 heteroatoms.